The van der Waals surface area contributed by atoms with Gasteiger partial charge in [0.25, 0.3) is 0 Å². The number of aromatic nitrogens is 1. The molecule has 0 saturated carbocycles. The second-order valence-electron chi connectivity index (χ2n) is 11.7. The summed E-state index contributed by atoms with van der Waals surface area (Å²) >= 11 is 0. The predicted octanol–water partition coefficient (Wildman–Crippen LogP) is 6.27. The lowest BCUT2D eigenvalue weighted by Gasteiger charge is -2.32. The van der Waals surface area contributed by atoms with Crippen LogP contribution in [0.15, 0.2) is 71.8 Å². The number of ether oxygens (including phenoxy) is 1. The van der Waals surface area contributed by atoms with E-state index >= 15 is 4.39 Å². The highest BCUT2D eigenvalue weighted by Gasteiger charge is 2.39. The Morgan fingerprint density at radius 1 is 1.08 bits per heavy atom. The molecule has 0 unspecified atom stereocenters. The fraction of sp³-hybridized carbons (Fsp3) is 0.324. The minimum atomic E-state index is -5.08. The van der Waals surface area contributed by atoms with Crippen LogP contribution in [-0.4, -0.2) is 59.9 Å². The van der Waals surface area contributed by atoms with Gasteiger partial charge in [-0.25, -0.2) is 22.6 Å². The van der Waals surface area contributed by atoms with Gasteiger partial charge >= 0.3 is 12.1 Å². The molecule has 0 radical (unpaired) electrons. The molecule has 1 aliphatic heterocycles. The summed E-state index contributed by atoms with van der Waals surface area (Å²) in [7, 11) is -3.68. The molecule has 1 aliphatic rings. The summed E-state index contributed by atoms with van der Waals surface area (Å²) in [5, 5.41) is 11.3. The Morgan fingerprint density at radius 3 is 2.42 bits per heavy atom. The fourth-order valence-corrected chi connectivity index (χ4v) is 6.88. The first-order chi connectivity index (χ1) is 23.4. The van der Waals surface area contributed by atoms with Gasteiger partial charge in [-0.3, -0.25) is 4.79 Å². The van der Waals surface area contributed by atoms with Crippen molar-refractivity contribution in [1.29, 1.82) is 0 Å². The van der Waals surface area contributed by atoms with E-state index in [0.29, 0.717) is 54.5 Å². The number of aliphatic carboxylic acids is 1. The van der Waals surface area contributed by atoms with Crippen LogP contribution in [0.2, 0.25) is 0 Å². The maximum Gasteiger partial charge on any atom is 0.490 e. The van der Waals surface area contributed by atoms with Crippen LogP contribution in [0.25, 0.3) is 10.8 Å². The Labute approximate surface area is 286 Å². The minimum absolute atomic E-state index is 0.110. The van der Waals surface area contributed by atoms with Crippen LogP contribution in [0.4, 0.5) is 34.8 Å². The number of alkyl halides is 3. The minimum Gasteiger partial charge on any atom is -0.494 e. The van der Waals surface area contributed by atoms with E-state index in [-0.39, 0.29) is 10.5 Å². The zero-order valence-corrected chi connectivity index (χ0v) is 28.2. The van der Waals surface area contributed by atoms with Crippen LogP contribution in [0, 0.1) is 5.82 Å². The molecule has 3 aromatic carbocycles. The maximum atomic E-state index is 15.5. The largest absolute Gasteiger partial charge is 0.494 e. The number of halogens is 4. The number of nitrogens with two attached hydrogens (primary N) is 2. The van der Waals surface area contributed by atoms with Gasteiger partial charge in [0.2, 0.25) is 5.91 Å². The van der Waals surface area contributed by atoms with Crippen LogP contribution in [0.3, 0.4) is 0 Å². The third-order valence-electron chi connectivity index (χ3n) is 8.04. The van der Waals surface area contributed by atoms with Crippen molar-refractivity contribution in [1.82, 2.24) is 9.88 Å². The van der Waals surface area contributed by atoms with E-state index < -0.39 is 51.0 Å². The lowest BCUT2D eigenvalue weighted by Crippen LogP contribution is -2.38. The Hall–Kier alpha value is -5.12. The number of carboxylic acid groups (broad SMARTS) is 1. The molecule has 11 nitrogen and oxygen atoms in total. The average Bonchev–Trinajstić information content (AvgIpc) is 3.54. The van der Waals surface area contributed by atoms with Gasteiger partial charge in [-0.1, -0.05) is 0 Å². The second-order valence-corrected chi connectivity index (χ2v) is 14.2. The number of fused-ring (bicyclic) bond motifs is 1. The van der Waals surface area contributed by atoms with E-state index in [1.54, 1.807) is 55.3 Å². The number of likely N-dealkylation sites (tertiary alicyclic amines) is 1. The Balaban J connectivity index is 0.000000727. The van der Waals surface area contributed by atoms with Crippen molar-refractivity contribution in [3.05, 3.63) is 83.8 Å². The quantitative estimate of drug-likeness (QED) is 0.114. The molecule has 0 bridgehead atoms. The summed E-state index contributed by atoms with van der Waals surface area (Å²) in [6.45, 7) is 5.80. The highest BCUT2D eigenvalue weighted by Crippen LogP contribution is 2.40. The molecule has 1 aromatic heterocycles. The zero-order chi connectivity index (χ0) is 37.0. The fourth-order valence-electron chi connectivity index (χ4n) is 5.59. The van der Waals surface area contributed by atoms with Crippen molar-refractivity contribution in [2.75, 3.05) is 29.9 Å². The van der Waals surface area contributed by atoms with Gasteiger partial charge < -0.3 is 31.5 Å². The third kappa shape index (κ3) is 8.35. The number of amides is 1. The number of nitrogens with one attached hydrogen (secondary N) is 1. The normalized spacial score (nSPS) is 15.4. The molecule has 2 atom stereocenters. The number of benzene rings is 3. The number of nitrogen functional groups attached to an aromatic ring is 2. The molecule has 0 spiro atoms. The SMILES string of the molecule is CCOc1ccc(F)c([C@@H](Nc2ccc3c(N)nccc3c2)C(=O)N2CCC[C@@H]2c2cc(N)ccc2S(=O)(=O)C(C)C)c1.O=C(O)C(F)(F)F. The number of carbonyl (C=O) groups excluding carboxylic acids is 1. The van der Waals surface area contributed by atoms with Crippen molar-refractivity contribution < 1.29 is 45.4 Å². The zero-order valence-electron chi connectivity index (χ0n) is 27.4. The average molecular weight is 720 g/mol. The Morgan fingerprint density at radius 2 is 1.78 bits per heavy atom. The predicted molar refractivity (Wildman–Crippen MR) is 181 cm³/mol. The summed E-state index contributed by atoms with van der Waals surface area (Å²) in [4.78, 5) is 29.3. The molecule has 1 saturated heterocycles. The number of carboxylic acids is 1. The first-order valence-corrected chi connectivity index (χ1v) is 17.1. The van der Waals surface area contributed by atoms with E-state index in [2.05, 4.69) is 10.3 Å². The van der Waals surface area contributed by atoms with Crippen LogP contribution in [0.1, 0.15) is 56.8 Å². The molecule has 1 fully saturated rings. The van der Waals surface area contributed by atoms with E-state index in [4.69, 9.17) is 26.1 Å². The highest BCUT2D eigenvalue weighted by molar-refractivity contribution is 7.92. The van der Waals surface area contributed by atoms with E-state index in [0.717, 1.165) is 10.8 Å². The number of nitrogens with zero attached hydrogens (tertiary/aromatic N) is 2. The van der Waals surface area contributed by atoms with Crippen molar-refractivity contribution in [2.45, 2.75) is 62.0 Å². The molecule has 5 rings (SSSR count). The number of rotatable bonds is 9. The number of sulfone groups is 1. The van der Waals surface area contributed by atoms with Crippen molar-refractivity contribution in [2.24, 2.45) is 0 Å². The molecule has 6 N–H and O–H groups in total. The van der Waals surface area contributed by atoms with E-state index in [1.807, 2.05) is 13.0 Å². The molecule has 16 heteroatoms. The van der Waals surface area contributed by atoms with Gasteiger partial charge in [-0.15, -0.1) is 0 Å². The smallest absolute Gasteiger partial charge is 0.490 e. The summed E-state index contributed by atoms with van der Waals surface area (Å²) in [5.74, 6) is -2.94. The lowest BCUT2D eigenvalue weighted by molar-refractivity contribution is -0.192. The number of anilines is 3. The molecular weight excluding hydrogens is 682 g/mol. The van der Waals surface area contributed by atoms with Crippen LogP contribution >= 0.6 is 0 Å². The lowest BCUT2D eigenvalue weighted by atomic mass is 10.00. The van der Waals surface area contributed by atoms with Gasteiger partial charge in [-0.2, -0.15) is 13.2 Å². The summed E-state index contributed by atoms with van der Waals surface area (Å²) < 4.78 is 79.6. The standard InChI is InChI=1S/C32H36FN5O4S.C2HF3O2/c1-4-42-23-9-11-27(33)25(18-23)30(37-22-8-10-24-20(16-22)13-14-36-31(24)35)32(39)38-15-5-6-28(38)26-17-21(34)7-12-29(26)43(40,41)19(2)3;3-2(4,5)1(6)7/h7-14,16-19,28,30,37H,4-6,15,34H2,1-3H3,(H2,35,36);(H,6,7)/t28-,30-;/m1./s1. The van der Waals surface area contributed by atoms with Crippen molar-refractivity contribution in [3.63, 3.8) is 0 Å². The summed E-state index contributed by atoms with van der Waals surface area (Å²) in [6.07, 6.45) is -2.31. The first kappa shape index (κ1) is 37.7. The van der Waals surface area contributed by atoms with Gasteiger partial charge in [-0.05, 0) is 105 Å². The maximum absolute atomic E-state index is 15.5. The van der Waals surface area contributed by atoms with E-state index in [9.17, 15) is 26.4 Å². The van der Waals surface area contributed by atoms with Crippen LogP contribution in [-0.2, 0) is 19.4 Å². The second kappa shape index (κ2) is 15.2. The third-order valence-corrected chi connectivity index (χ3v) is 10.3. The molecular formula is C34H37F4N5O6S. The number of pyridine rings is 1. The van der Waals surface area contributed by atoms with Gasteiger partial charge in [0, 0.05) is 35.1 Å². The molecule has 50 heavy (non-hydrogen) atoms. The Bertz CT molecular complexity index is 1990. The number of hydrogen-bond donors (Lipinski definition) is 4. The monoisotopic (exact) mass is 719 g/mol. The molecule has 1 amide bonds. The van der Waals surface area contributed by atoms with Gasteiger partial charge in [0.15, 0.2) is 9.84 Å². The van der Waals surface area contributed by atoms with Crippen LogP contribution in [0.5, 0.6) is 5.75 Å². The van der Waals surface area contributed by atoms with E-state index in [1.165, 1.54) is 24.3 Å². The number of carbonyl (C=O) groups is 2. The molecule has 2 heterocycles. The van der Waals surface area contributed by atoms with Gasteiger partial charge in [0.05, 0.1) is 22.8 Å². The molecule has 0 aliphatic carbocycles. The highest BCUT2D eigenvalue weighted by atomic mass is 32.2. The Kier molecular flexibility index (Phi) is 11.5. The summed E-state index contributed by atoms with van der Waals surface area (Å²) in [5.41, 5.74) is 13.7. The molecule has 268 valence electrons. The van der Waals surface area contributed by atoms with Crippen molar-refractivity contribution in [3.8, 4) is 5.75 Å². The van der Waals surface area contributed by atoms with Crippen molar-refractivity contribution >= 4 is 49.7 Å². The first-order valence-electron chi connectivity index (χ1n) is 15.5. The molecule has 4 aromatic rings. The topological polar surface area (TPSA) is 178 Å². The summed E-state index contributed by atoms with van der Waals surface area (Å²) in [6, 6.07) is 14.5. The number of hydrogen-bond acceptors (Lipinski definition) is 9. The van der Waals surface area contributed by atoms with Gasteiger partial charge in [0.1, 0.15) is 23.4 Å². The van der Waals surface area contributed by atoms with Crippen LogP contribution < -0.4 is 21.5 Å².